The summed E-state index contributed by atoms with van der Waals surface area (Å²) < 4.78 is 0. The van der Waals surface area contributed by atoms with E-state index in [2.05, 4.69) is 48.6 Å². The van der Waals surface area contributed by atoms with E-state index in [1.807, 2.05) is 0 Å². The second-order valence-corrected chi connectivity index (χ2v) is 6.19. The summed E-state index contributed by atoms with van der Waals surface area (Å²) in [5.74, 6) is 0. The molecule has 1 fully saturated rings. The number of fused-ring (bicyclic) bond motifs is 1. The van der Waals surface area contributed by atoms with Gasteiger partial charge in [-0.25, -0.2) is 0 Å². The predicted molar refractivity (Wildman–Crippen MR) is 80.4 cm³/mol. The van der Waals surface area contributed by atoms with Gasteiger partial charge in [0.15, 0.2) is 0 Å². The second kappa shape index (κ2) is 5.64. The van der Waals surface area contributed by atoms with Crippen LogP contribution in [0.25, 0.3) is 0 Å². The van der Waals surface area contributed by atoms with Gasteiger partial charge in [-0.15, -0.1) is 0 Å². The largest absolute Gasteiger partial charge is 0.312 e. The lowest BCUT2D eigenvalue weighted by Gasteiger charge is -2.38. The quantitative estimate of drug-likeness (QED) is 0.896. The molecule has 1 aromatic rings. The minimum absolute atomic E-state index is 0.503. The lowest BCUT2D eigenvalue weighted by molar-refractivity contribution is 0.119. The maximum absolute atomic E-state index is 3.55. The Morgan fingerprint density at radius 2 is 1.84 bits per heavy atom. The third kappa shape index (κ3) is 2.44. The molecule has 0 spiro atoms. The van der Waals surface area contributed by atoms with Gasteiger partial charge in [-0.3, -0.25) is 4.90 Å². The lowest BCUT2D eigenvalue weighted by atomic mass is 9.92. The molecule has 19 heavy (non-hydrogen) atoms. The Morgan fingerprint density at radius 3 is 2.58 bits per heavy atom. The standard InChI is InChI=1S/C17H26N2/c1-18-17-15-11-7-6-8-13(15)12-16(17)19(2)14-9-4-3-5-10-14/h6-8,11,14,16-18H,3-5,9-10,12H2,1-2H3. The summed E-state index contributed by atoms with van der Waals surface area (Å²) in [5, 5.41) is 3.55. The number of nitrogens with one attached hydrogen (secondary N) is 1. The van der Waals surface area contributed by atoms with Crippen LogP contribution in [0.4, 0.5) is 0 Å². The number of benzene rings is 1. The molecular weight excluding hydrogens is 232 g/mol. The molecule has 1 N–H and O–H groups in total. The van der Waals surface area contributed by atoms with Gasteiger partial charge in [0.25, 0.3) is 0 Å². The average Bonchev–Trinajstić information content (AvgIpc) is 2.85. The van der Waals surface area contributed by atoms with E-state index in [-0.39, 0.29) is 0 Å². The van der Waals surface area contributed by atoms with E-state index in [4.69, 9.17) is 0 Å². The molecule has 3 rings (SSSR count). The molecule has 2 atom stereocenters. The lowest BCUT2D eigenvalue weighted by Crippen LogP contribution is -2.46. The number of hydrogen-bond acceptors (Lipinski definition) is 2. The number of hydrogen-bond donors (Lipinski definition) is 1. The highest BCUT2D eigenvalue weighted by molar-refractivity contribution is 5.37. The Labute approximate surface area is 117 Å². The third-order valence-electron chi connectivity index (χ3n) is 5.19. The zero-order valence-electron chi connectivity index (χ0n) is 12.2. The Hall–Kier alpha value is -0.860. The van der Waals surface area contributed by atoms with Crippen molar-refractivity contribution in [3.05, 3.63) is 35.4 Å². The molecule has 1 saturated carbocycles. The van der Waals surface area contributed by atoms with Crippen LogP contribution < -0.4 is 5.32 Å². The van der Waals surface area contributed by atoms with E-state index in [9.17, 15) is 0 Å². The van der Waals surface area contributed by atoms with E-state index in [1.54, 1.807) is 0 Å². The topological polar surface area (TPSA) is 15.3 Å². The second-order valence-electron chi connectivity index (χ2n) is 6.19. The van der Waals surface area contributed by atoms with Crippen LogP contribution in [0.1, 0.15) is 49.3 Å². The van der Waals surface area contributed by atoms with Gasteiger partial charge in [0.05, 0.1) is 0 Å². The van der Waals surface area contributed by atoms with Crippen molar-refractivity contribution in [3.63, 3.8) is 0 Å². The van der Waals surface area contributed by atoms with Gasteiger partial charge in [0.1, 0.15) is 0 Å². The molecule has 0 bridgehead atoms. The van der Waals surface area contributed by atoms with E-state index in [0.29, 0.717) is 12.1 Å². The van der Waals surface area contributed by atoms with Gasteiger partial charge in [0.2, 0.25) is 0 Å². The van der Waals surface area contributed by atoms with Crippen molar-refractivity contribution in [2.24, 2.45) is 0 Å². The number of nitrogens with zero attached hydrogens (tertiary/aromatic N) is 1. The first kappa shape index (κ1) is 13.1. The fraction of sp³-hybridized carbons (Fsp3) is 0.647. The highest BCUT2D eigenvalue weighted by Gasteiger charge is 2.36. The van der Waals surface area contributed by atoms with Crippen LogP contribution in [0, 0.1) is 0 Å². The highest BCUT2D eigenvalue weighted by atomic mass is 15.2. The van der Waals surface area contributed by atoms with E-state index < -0.39 is 0 Å². The smallest absolute Gasteiger partial charge is 0.0481 e. The first-order valence-electron chi connectivity index (χ1n) is 7.78. The average molecular weight is 258 g/mol. The molecule has 2 aliphatic rings. The van der Waals surface area contributed by atoms with Crippen LogP contribution in [0.5, 0.6) is 0 Å². The molecule has 104 valence electrons. The van der Waals surface area contributed by atoms with Crippen LogP contribution >= 0.6 is 0 Å². The van der Waals surface area contributed by atoms with Crippen LogP contribution in [-0.4, -0.2) is 31.1 Å². The molecular formula is C17H26N2. The number of likely N-dealkylation sites (N-methyl/N-ethyl adjacent to an activating group) is 2. The Kier molecular flexibility index (Phi) is 3.90. The van der Waals surface area contributed by atoms with Gasteiger partial charge in [0, 0.05) is 18.1 Å². The normalized spacial score (nSPS) is 27.7. The predicted octanol–water partition coefficient (Wildman–Crippen LogP) is 3.14. The SMILES string of the molecule is CNC1c2ccccc2CC1N(C)C1CCCCC1. The van der Waals surface area contributed by atoms with Crippen LogP contribution in [0.2, 0.25) is 0 Å². The third-order valence-corrected chi connectivity index (χ3v) is 5.19. The fourth-order valence-corrected chi connectivity index (χ4v) is 4.06. The van der Waals surface area contributed by atoms with Gasteiger partial charge in [-0.1, -0.05) is 43.5 Å². The Balaban J connectivity index is 1.78. The van der Waals surface area contributed by atoms with Crippen molar-refractivity contribution in [2.75, 3.05) is 14.1 Å². The first-order chi connectivity index (χ1) is 9.31. The zero-order valence-corrected chi connectivity index (χ0v) is 12.2. The Bertz CT molecular complexity index is 423. The van der Waals surface area contributed by atoms with Gasteiger partial charge in [-0.05, 0) is 44.5 Å². The van der Waals surface area contributed by atoms with Crippen LogP contribution in [0.15, 0.2) is 24.3 Å². The summed E-state index contributed by atoms with van der Waals surface area (Å²) in [4.78, 5) is 2.67. The van der Waals surface area contributed by atoms with E-state index in [1.165, 1.54) is 49.7 Å². The van der Waals surface area contributed by atoms with Gasteiger partial charge in [-0.2, -0.15) is 0 Å². The van der Waals surface area contributed by atoms with Crippen molar-refractivity contribution < 1.29 is 0 Å². The minimum atomic E-state index is 0.503. The first-order valence-corrected chi connectivity index (χ1v) is 7.78. The zero-order chi connectivity index (χ0) is 13.2. The number of rotatable bonds is 3. The van der Waals surface area contributed by atoms with Gasteiger partial charge < -0.3 is 5.32 Å². The molecule has 0 amide bonds. The summed E-state index contributed by atoms with van der Waals surface area (Å²) in [7, 11) is 4.45. The summed E-state index contributed by atoms with van der Waals surface area (Å²) in [6.07, 6.45) is 8.25. The summed E-state index contributed by atoms with van der Waals surface area (Å²) in [6.45, 7) is 0. The Morgan fingerprint density at radius 1 is 1.11 bits per heavy atom. The molecule has 2 nitrogen and oxygen atoms in total. The van der Waals surface area contributed by atoms with Crippen molar-refractivity contribution in [3.8, 4) is 0 Å². The maximum atomic E-state index is 3.55. The summed E-state index contributed by atoms with van der Waals surface area (Å²) in [6, 6.07) is 10.9. The van der Waals surface area contributed by atoms with E-state index in [0.717, 1.165) is 6.04 Å². The molecule has 1 aromatic carbocycles. The molecule has 0 heterocycles. The maximum Gasteiger partial charge on any atom is 0.0481 e. The highest BCUT2D eigenvalue weighted by Crippen LogP contribution is 2.36. The fourth-order valence-electron chi connectivity index (χ4n) is 4.06. The molecule has 2 heteroatoms. The van der Waals surface area contributed by atoms with E-state index >= 15 is 0 Å². The minimum Gasteiger partial charge on any atom is -0.312 e. The van der Waals surface area contributed by atoms with Crippen LogP contribution in [0.3, 0.4) is 0 Å². The summed E-state index contributed by atoms with van der Waals surface area (Å²) in [5.41, 5.74) is 3.05. The molecule has 0 aromatic heterocycles. The van der Waals surface area contributed by atoms with Crippen molar-refractivity contribution >= 4 is 0 Å². The molecule has 2 aliphatic carbocycles. The van der Waals surface area contributed by atoms with Crippen molar-refractivity contribution in [2.45, 2.75) is 56.7 Å². The molecule has 0 aliphatic heterocycles. The van der Waals surface area contributed by atoms with Crippen molar-refractivity contribution in [1.29, 1.82) is 0 Å². The molecule has 0 saturated heterocycles. The monoisotopic (exact) mass is 258 g/mol. The molecule has 2 unspecified atom stereocenters. The summed E-state index contributed by atoms with van der Waals surface area (Å²) >= 11 is 0. The van der Waals surface area contributed by atoms with Gasteiger partial charge >= 0.3 is 0 Å². The van der Waals surface area contributed by atoms with Crippen molar-refractivity contribution in [1.82, 2.24) is 10.2 Å². The molecule has 0 radical (unpaired) electrons. The van der Waals surface area contributed by atoms with Crippen LogP contribution in [-0.2, 0) is 6.42 Å².